The highest BCUT2D eigenvalue weighted by Gasteiger charge is 2.19. The monoisotopic (exact) mass is 392 g/mol. The summed E-state index contributed by atoms with van der Waals surface area (Å²) < 4.78 is 28.4. The summed E-state index contributed by atoms with van der Waals surface area (Å²) in [6.07, 6.45) is 1.06. The van der Waals surface area contributed by atoms with Crippen LogP contribution in [0.25, 0.3) is 0 Å². The molecular formula is C15H11Cl3O4S. The number of ether oxygens (including phenoxy) is 1. The maximum Gasteiger partial charge on any atom is 0.343 e. The van der Waals surface area contributed by atoms with Crippen molar-refractivity contribution in [2.75, 3.05) is 6.26 Å². The Morgan fingerprint density at radius 2 is 1.61 bits per heavy atom. The molecule has 23 heavy (non-hydrogen) atoms. The third kappa shape index (κ3) is 4.18. The Hall–Kier alpha value is -1.27. The molecule has 8 heteroatoms. The van der Waals surface area contributed by atoms with Crippen molar-refractivity contribution >= 4 is 50.6 Å². The molecular weight excluding hydrogens is 383 g/mol. The van der Waals surface area contributed by atoms with E-state index in [0.29, 0.717) is 10.6 Å². The third-order valence-electron chi connectivity index (χ3n) is 3.01. The van der Waals surface area contributed by atoms with Crippen LogP contribution in [0.15, 0.2) is 35.2 Å². The average molecular weight is 394 g/mol. The van der Waals surface area contributed by atoms with Gasteiger partial charge in [-0.1, -0.05) is 40.9 Å². The number of aryl methyl sites for hydroxylation is 1. The molecule has 2 aromatic rings. The molecule has 0 aliphatic heterocycles. The van der Waals surface area contributed by atoms with Gasteiger partial charge in [-0.05, 0) is 36.8 Å². The zero-order valence-electron chi connectivity index (χ0n) is 12.1. The van der Waals surface area contributed by atoms with E-state index < -0.39 is 15.8 Å². The molecule has 0 spiro atoms. The van der Waals surface area contributed by atoms with E-state index in [2.05, 4.69) is 0 Å². The van der Waals surface area contributed by atoms with E-state index in [1.54, 1.807) is 6.92 Å². The number of halogens is 3. The Morgan fingerprint density at radius 3 is 2.13 bits per heavy atom. The number of hydrogen-bond donors (Lipinski definition) is 0. The highest BCUT2D eigenvalue weighted by molar-refractivity contribution is 7.90. The lowest BCUT2D eigenvalue weighted by Gasteiger charge is -2.11. The highest BCUT2D eigenvalue weighted by Crippen LogP contribution is 2.36. The number of benzene rings is 2. The van der Waals surface area contributed by atoms with Crippen molar-refractivity contribution in [3.05, 3.63) is 56.5 Å². The van der Waals surface area contributed by atoms with Gasteiger partial charge >= 0.3 is 5.97 Å². The number of hydrogen-bond acceptors (Lipinski definition) is 4. The van der Waals surface area contributed by atoms with Crippen LogP contribution in [0.5, 0.6) is 5.75 Å². The second-order valence-corrected chi connectivity index (χ2v) is 8.10. The maximum absolute atomic E-state index is 12.3. The minimum Gasteiger partial charge on any atom is -0.420 e. The summed E-state index contributed by atoms with van der Waals surface area (Å²) in [6.45, 7) is 1.66. The molecule has 0 aromatic heterocycles. The van der Waals surface area contributed by atoms with Crippen LogP contribution in [-0.4, -0.2) is 20.6 Å². The Kier molecular flexibility index (Phi) is 5.26. The van der Waals surface area contributed by atoms with Crippen LogP contribution in [-0.2, 0) is 9.84 Å². The molecule has 122 valence electrons. The largest absolute Gasteiger partial charge is 0.420 e. The van der Waals surface area contributed by atoms with Crippen molar-refractivity contribution in [3.63, 3.8) is 0 Å². The molecule has 2 aromatic carbocycles. The van der Waals surface area contributed by atoms with Crippen LogP contribution >= 0.6 is 34.8 Å². The second kappa shape index (κ2) is 6.69. The van der Waals surface area contributed by atoms with Crippen LogP contribution in [0.1, 0.15) is 15.9 Å². The lowest BCUT2D eigenvalue weighted by Crippen LogP contribution is -2.12. The van der Waals surface area contributed by atoms with E-state index in [4.69, 9.17) is 39.5 Å². The van der Waals surface area contributed by atoms with Crippen molar-refractivity contribution in [3.8, 4) is 5.75 Å². The lowest BCUT2D eigenvalue weighted by molar-refractivity contribution is 0.0734. The van der Waals surface area contributed by atoms with E-state index >= 15 is 0 Å². The SMILES string of the molecule is Cc1ccc(S(C)(=O)=O)cc1C(=O)Oc1c(Cl)cc(Cl)cc1Cl. The van der Waals surface area contributed by atoms with Gasteiger partial charge in [0.15, 0.2) is 15.6 Å². The average Bonchev–Trinajstić information content (AvgIpc) is 2.41. The summed E-state index contributed by atoms with van der Waals surface area (Å²) in [5, 5.41) is 0.454. The molecule has 0 saturated heterocycles. The van der Waals surface area contributed by atoms with Gasteiger partial charge in [-0.3, -0.25) is 0 Å². The standard InChI is InChI=1S/C15H11Cl3O4S/c1-8-3-4-10(23(2,20)21)7-11(8)15(19)22-14-12(17)5-9(16)6-13(14)18/h3-7H,1-2H3. The Morgan fingerprint density at radius 1 is 1.04 bits per heavy atom. The molecule has 0 unspecified atom stereocenters. The Bertz CT molecular complexity index is 869. The molecule has 0 N–H and O–H groups in total. The number of rotatable bonds is 3. The normalized spacial score (nSPS) is 11.3. The summed E-state index contributed by atoms with van der Waals surface area (Å²) in [6, 6.07) is 6.97. The van der Waals surface area contributed by atoms with E-state index in [0.717, 1.165) is 6.26 Å². The first kappa shape index (κ1) is 18.1. The van der Waals surface area contributed by atoms with Gasteiger partial charge in [0.05, 0.1) is 20.5 Å². The first-order chi connectivity index (χ1) is 10.6. The molecule has 0 heterocycles. The van der Waals surface area contributed by atoms with Gasteiger partial charge in [0.25, 0.3) is 0 Å². The van der Waals surface area contributed by atoms with Gasteiger partial charge < -0.3 is 4.74 Å². The van der Waals surface area contributed by atoms with Crippen LogP contribution in [0.2, 0.25) is 15.1 Å². The smallest absolute Gasteiger partial charge is 0.343 e. The van der Waals surface area contributed by atoms with Crippen molar-refractivity contribution < 1.29 is 17.9 Å². The molecule has 0 aliphatic rings. The van der Waals surface area contributed by atoms with Gasteiger partial charge in [-0.25, -0.2) is 13.2 Å². The number of esters is 1. The predicted molar refractivity (Wildman–Crippen MR) is 90.7 cm³/mol. The molecule has 0 fully saturated rings. The molecule has 4 nitrogen and oxygen atoms in total. The van der Waals surface area contributed by atoms with Crippen molar-refractivity contribution in [1.82, 2.24) is 0 Å². The van der Waals surface area contributed by atoms with Gasteiger partial charge in [-0.15, -0.1) is 0 Å². The topological polar surface area (TPSA) is 60.4 Å². The minimum absolute atomic E-state index is 0.0170. The number of carbonyl (C=O) groups is 1. The molecule has 0 bridgehead atoms. The van der Waals surface area contributed by atoms with Crippen LogP contribution in [0, 0.1) is 6.92 Å². The molecule has 0 radical (unpaired) electrons. The van der Waals surface area contributed by atoms with Crippen LogP contribution in [0.3, 0.4) is 0 Å². The zero-order chi connectivity index (χ0) is 17.4. The summed E-state index contributed by atoms with van der Waals surface area (Å²) in [7, 11) is -3.45. The van der Waals surface area contributed by atoms with E-state index in [1.807, 2.05) is 0 Å². The Labute approximate surface area is 148 Å². The van der Waals surface area contributed by atoms with Crippen LogP contribution in [0.4, 0.5) is 0 Å². The number of carbonyl (C=O) groups excluding carboxylic acids is 1. The summed E-state index contributed by atoms with van der Waals surface area (Å²) in [5.41, 5.74) is 0.665. The van der Waals surface area contributed by atoms with Crippen LogP contribution < -0.4 is 4.74 Å². The summed E-state index contributed by atoms with van der Waals surface area (Å²) in [5.74, 6) is -0.800. The predicted octanol–water partition coefficient (Wildman–Crippen LogP) is 4.58. The van der Waals surface area contributed by atoms with E-state index in [1.165, 1.54) is 30.3 Å². The first-order valence-electron chi connectivity index (χ1n) is 6.27. The van der Waals surface area contributed by atoms with Gasteiger partial charge in [0.1, 0.15) is 0 Å². The second-order valence-electron chi connectivity index (χ2n) is 4.84. The fourth-order valence-corrected chi connectivity index (χ4v) is 3.37. The zero-order valence-corrected chi connectivity index (χ0v) is 15.1. The molecule has 2 rings (SSSR count). The van der Waals surface area contributed by atoms with Crippen molar-refractivity contribution in [2.24, 2.45) is 0 Å². The lowest BCUT2D eigenvalue weighted by atomic mass is 10.1. The Balaban J connectivity index is 2.43. The van der Waals surface area contributed by atoms with Crippen molar-refractivity contribution in [1.29, 1.82) is 0 Å². The van der Waals surface area contributed by atoms with E-state index in [-0.39, 0.29) is 26.3 Å². The molecule has 0 amide bonds. The minimum atomic E-state index is -3.45. The molecule has 0 atom stereocenters. The summed E-state index contributed by atoms with van der Waals surface area (Å²) in [4.78, 5) is 12.4. The van der Waals surface area contributed by atoms with Gasteiger partial charge in [-0.2, -0.15) is 0 Å². The quantitative estimate of drug-likeness (QED) is 0.566. The van der Waals surface area contributed by atoms with Gasteiger partial charge in [0, 0.05) is 11.3 Å². The fraction of sp³-hybridized carbons (Fsp3) is 0.133. The first-order valence-corrected chi connectivity index (χ1v) is 9.29. The van der Waals surface area contributed by atoms with E-state index in [9.17, 15) is 13.2 Å². The summed E-state index contributed by atoms with van der Waals surface area (Å²) >= 11 is 17.7. The highest BCUT2D eigenvalue weighted by atomic mass is 35.5. The number of sulfone groups is 1. The molecule has 0 saturated carbocycles. The van der Waals surface area contributed by atoms with Gasteiger partial charge in [0.2, 0.25) is 0 Å². The van der Waals surface area contributed by atoms with Crippen molar-refractivity contribution in [2.45, 2.75) is 11.8 Å². The molecule has 0 aliphatic carbocycles. The maximum atomic E-state index is 12.3. The fourth-order valence-electron chi connectivity index (χ4n) is 1.83. The third-order valence-corrected chi connectivity index (χ3v) is 4.90.